The summed E-state index contributed by atoms with van der Waals surface area (Å²) >= 11 is 0. The van der Waals surface area contributed by atoms with E-state index in [2.05, 4.69) is 14.7 Å². The number of carbonyl (C=O) groups excluding carboxylic acids is 1. The first-order valence-corrected chi connectivity index (χ1v) is 7.87. The van der Waals surface area contributed by atoms with E-state index in [9.17, 15) is 13.2 Å². The van der Waals surface area contributed by atoms with Gasteiger partial charge in [0.05, 0.1) is 29.0 Å². The molecule has 0 bridgehead atoms. The Morgan fingerprint density at radius 1 is 1.24 bits per heavy atom. The van der Waals surface area contributed by atoms with Gasteiger partial charge in [-0.3, -0.25) is 9.97 Å². The minimum Gasteiger partial charge on any atom is -0.465 e. The molecule has 0 spiro atoms. The fourth-order valence-electron chi connectivity index (χ4n) is 1.76. The van der Waals surface area contributed by atoms with Crippen molar-refractivity contribution in [3.05, 3.63) is 42.2 Å². The van der Waals surface area contributed by atoms with Crippen LogP contribution in [0.25, 0.3) is 11.4 Å². The van der Waals surface area contributed by atoms with Crippen molar-refractivity contribution in [3.63, 3.8) is 0 Å². The third kappa shape index (κ3) is 3.08. The summed E-state index contributed by atoms with van der Waals surface area (Å²) in [7, 11) is -2.12. The molecule has 0 unspecified atom stereocenters. The predicted molar refractivity (Wildman–Crippen MR) is 76.5 cm³/mol. The van der Waals surface area contributed by atoms with E-state index >= 15 is 0 Å². The molecule has 2 heterocycles. The van der Waals surface area contributed by atoms with E-state index in [1.807, 2.05) is 0 Å². The molecule has 0 aromatic carbocycles. The monoisotopic (exact) mass is 306 g/mol. The number of ether oxygens (including phenoxy) is 1. The number of carbonyl (C=O) groups is 1. The van der Waals surface area contributed by atoms with Gasteiger partial charge >= 0.3 is 5.97 Å². The van der Waals surface area contributed by atoms with Crippen LogP contribution in [0.4, 0.5) is 0 Å². The number of nitrogens with zero attached hydrogens (tertiary/aromatic N) is 2. The fourth-order valence-corrected chi connectivity index (χ4v) is 2.81. The molecule has 0 atom stereocenters. The largest absolute Gasteiger partial charge is 0.465 e. The summed E-state index contributed by atoms with van der Waals surface area (Å²) in [6.45, 7) is 1.57. The van der Waals surface area contributed by atoms with Crippen LogP contribution >= 0.6 is 0 Å². The zero-order valence-corrected chi connectivity index (χ0v) is 12.4. The molecule has 0 fully saturated rings. The molecule has 21 heavy (non-hydrogen) atoms. The summed E-state index contributed by atoms with van der Waals surface area (Å²) < 4.78 is 28.7. The number of sulfone groups is 1. The van der Waals surface area contributed by atoms with E-state index in [0.29, 0.717) is 5.69 Å². The molecule has 7 heteroatoms. The van der Waals surface area contributed by atoms with Gasteiger partial charge in [-0.05, 0) is 24.3 Å². The highest BCUT2D eigenvalue weighted by Crippen LogP contribution is 2.24. The van der Waals surface area contributed by atoms with Gasteiger partial charge in [0.1, 0.15) is 5.69 Å². The van der Waals surface area contributed by atoms with Crippen LogP contribution in [0.1, 0.15) is 17.3 Å². The lowest BCUT2D eigenvalue weighted by Crippen LogP contribution is -2.07. The van der Waals surface area contributed by atoms with Crippen LogP contribution in [0.2, 0.25) is 0 Å². The van der Waals surface area contributed by atoms with Crippen LogP contribution in [-0.4, -0.2) is 37.2 Å². The number of pyridine rings is 2. The van der Waals surface area contributed by atoms with Crippen LogP contribution in [-0.2, 0) is 14.6 Å². The van der Waals surface area contributed by atoms with E-state index in [1.165, 1.54) is 31.6 Å². The van der Waals surface area contributed by atoms with Crippen molar-refractivity contribution in [1.82, 2.24) is 9.97 Å². The molecule has 0 saturated heterocycles. The van der Waals surface area contributed by atoms with Gasteiger partial charge in [-0.15, -0.1) is 0 Å². The third-order valence-corrected chi connectivity index (χ3v) is 4.67. The summed E-state index contributed by atoms with van der Waals surface area (Å²) in [5.74, 6) is -0.525. The van der Waals surface area contributed by atoms with Crippen LogP contribution < -0.4 is 0 Å². The Labute approximate surface area is 122 Å². The van der Waals surface area contributed by atoms with E-state index in [0.717, 1.165) is 0 Å². The van der Waals surface area contributed by atoms with Gasteiger partial charge in [0, 0.05) is 12.4 Å². The lowest BCUT2D eigenvalue weighted by atomic mass is 10.2. The molecule has 0 saturated carbocycles. The summed E-state index contributed by atoms with van der Waals surface area (Å²) in [6, 6.07) is 6.13. The second-order valence-electron chi connectivity index (χ2n) is 4.18. The van der Waals surface area contributed by atoms with Crippen molar-refractivity contribution in [2.24, 2.45) is 0 Å². The number of methoxy groups -OCH3 is 1. The normalized spacial score (nSPS) is 11.1. The molecule has 2 aromatic heterocycles. The smallest absolute Gasteiger partial charge is 0.339 e. The standard InChI is InChI=1S/C14H14N2O4S/c1-3-21(18,19)12-5-4-8-15-13(12)11-7-6-10(9-16-11)14(17)20-2/h4-9H,3H2,1-2H3. The molecular weight excluding hydrogens is 292 g/mol. The predicted octanol–water partition coefficient (Wildman–Crippen LogP) is 1.72. The topological polar surface area (TPSA) is 86.2 Å². The average Bonchev–Trinajstić information content (AvgIpc) is 2.54. The molecular formula is C14H14N2O4S. The molecule has 0 aliphatic carbocycles. The first-order chi connectivity index (χ1) is 9.99. The van der Waals surface area contributed by atoms with Gasteiger partial charge in [-0.2, -0.15) is 0 Å². The minimum atomic E-state index is -3.40. The summed E-state index contributed by atoms with van der Waals surface area (Å²) in [6.07, 6.45) is 2.83. The van der Waals surface area contributed by atoms with E-state index in [4.69, 9.17) is 0 Å². The molecule has 0 amide bonds. The molecule has 0 radical (unpaired) electrons. The summed E-state index contributed by atoms with van der Waals surface area (Å²) in [4.78, 5) is 19.7. The highest BCUT2D eigenvalue weighted by molar-refractivity contribution is 7.91. The average molecular weight is 306 g/mol. The van der Waals surface area contributed by atoms with Gasteiger partial charge in [0.15, 0.2) is 9.84 Å². The van der Waals surface area contributed by atoms with Gasteiger partial charge < -0.3 is 4.74 Å². The van der Waals surface area contributed by atoms with Crippen molar-refractivity contribution in [2.75, 3.05) is 12.9 Å². The number of rotatable bonds is 4. The summed E-state index contributed by atoms with van der Waals surface area (Å²) in [5.41, 5.74) is 0.947. The van der Waals surface area contributed by atoms with Crippen molar-refractivity contribution >= 4 is 15.8 Å². The lowest BCUT2D eigenvalue weighted by molar-refractivity contribution is 0.0600. The second-order valence-corrected chi connectivity index (χ2v) is 6.42. The SMILES string of the molecule is CCS(=O)(=O)c1cccnc1-c1ccc(C(=O)OC)cn1. The maximum absolute atomic E-state index is 12.1. The first-order valence-electron chi connectivity index (χ1n) is 6.22. The molecule has 6 nitrogen and oxygen atoms in total. The van der Waals surface area contributed by atoms with E-state index in [-0.39, 0.29) is 21.9 Å². The van der Waals surface area contributed by atoms with E-state index < -0.39 is 15.8 Å². The maximum Gasteiger partial charge on any atom is 0.339 e. The fraction of sp³-hybridized carbons (Fsp3) is 0.214. The van der Waals surface area contributed by atoms with Gasteiger partial charge in [0.25, 0.3) is 0 Å². The molecule has 0 aliphatic rings. The van der Waals surface area contributed by atoms with Crippen molar-refractivity contribution in [1.29, 1.82) is 0 Å². The molecule has 0 N–H and O–H groups in total. The minimum absolute atomic E-state index is 0.0219. The van der Waals surface area contributed by atoms with Crippen LogP contribution in [0.5, 0.6) is 0 Å². The Morgan fingerprint density at radius 2 is 2.00 bits per heavy atom. The third-order valence-electron chi connectivity index (χ3n) is 2.91. The van der Waals surface area contributed by atoms with Gasteiger partial charge in [-0.1, -0.05) is 6.92 Å². The number of hydrogen-bond donors (Lipinski definition) is 0. The number of hydrogen-bond acceptors (Lipinski definition) is 6. The van der Waals surface area contributed by atoms with Crippen molar-refractivity contribution < 1.29 is 17.9 Å². The highest BCUT2D eigenvalue weighted by atomic mass is 32.2. The van der Waals surface area contributed by atoms with Crippen LogP contribution in [0, 0.1) is 0 Å². The molecule has 0 aliphatic heterocycles. The van der Waals surface area contributed by atoms with E-state index in [1.54, 1.807) is 19.1 Å². The number of aromatic nitrogens is 2. The quantitative estimate of drug-likeness (QED) is 0.799. The van der Waals surface area contributed by atoms with Gasteiger partial charge in [-0.25, -0.2) is 13.2 Å². The second kappa shape index (κ2) is 6.01. The molecule has 2 rings (SSSR count). The van der Waals surface area contributed by atoms with Gasteiger partial charge in [0.2, 0.25) is 0 Å². The highest BCUT2D eigenvalue weighted by Gasteiger charge is 2.19. The first kappa shape index (κ1) is 15.1. The molecule has 2 aromatic rings. The Morgan fingerprint density at radius 3 is 2.57 bits per heavy atom. The zero-order chi connectivity index (χ0) is 15.5. The Hall–Kier alpha value is -2.28. The van der Waals surface area contributed by atoms with Crippen molar-refractivity contribution in [2.45, 2.75) is 11.8 Å². The van der Waals surface area contributed by atoms with Crippen LogP contribution in [0.3, 0.4) is 0 Å². The Bertz CT molecular complexity index is 755. The van der Waals surface area contributed by atoms with Crippen LogP contribution in [0.15, 0.2) is 41.6 Å². The lowest BCUT2D eigenvalue weighted by Gasteiger charge is -2.08. The number of esters is 1. The zero-order valence-electron chi connectivity index (χ0n) is 11.6. The maximum atomic E-state index is 12.1. The Balaban J connectivity index is 2.51. The summed E-state index contributed by atoms with van der Waals surface area (Å²) in [5, 5.41) is 0. The van der Waals surface area contributed by atoms with Crippen molar-refractivity contribution in [3.8, 4) is 11.4 Å². The molecule has 110 valence electrons. The Kier molecular flexibility index (Phi) is 4.32.